The molecule has 0 saturated carbocycles. The highest BCUT2D eigenvalue weighted by Gasteiger charge is 2.14. The molecular formula is C16H25N3O. The number of carbonyl (C=O) groups is 1. The number of likely N-dealkylation sites (tertiary alicyclic amines) is 1. The van der Waals surface area contributed by atoms with E-state index in [4.69, 9.17) is 5.73 Å². The first-order valence-corrected chi connectivity index (χ1v) is 7.47. The molecule has 1 unspecified atom stereocenters. The third-order valence-corrected chi connectivity index (χ3v) is 3.83. The lowest BCUT2D eigenvalue weighted by Crippen LogP contribution is -2.31. The predicted molar refractivity (Wildman–Crippen MR) is 81.5 cm³/mol. The first-order chi connectivity index (χ1) is 9.65. The Morgan fingerprint density at radius 1 is 1.30 bits per heavy atom. The van der Waals surface area contributed by atoms with Crippen LogP contribution in [0.25, 0.3) is 0 Å². The van der Waals surface area contributed by atoms with Gasteiger partial charge < -0.3 is 16.0 Å². The molecule has 20 heavy (non-hydrogen) atoms. The van der Waals surface area contributed by atoms with Gasteiger partial charge in [-0.25, -0.2) is 0 Å². The third-order valence-electron chi connectivity index (χ3n) is 3.83. The van der Waals surface area contributed by atoms with E-state index in [-0.39, 0.29) is 5.91 Å². The Morgan fingerprint density at radius 2 is 1.95 bits per heavy atom. The normalized spacial score (nSPS) is 17.2. The van der Waals surface area contributed by atoms with Crippen molar-refractivity contribution in [2.24, 2.45) is 11.7 Å². The first-order valence-electron chi connectivity index (χ1n) is 7.47. The largest absolute Gasteiger partial charge is 0.366 e. The summed E-state index contributed by atoms with van der Waals surface area (Å²) in [6.45, 7) is 7.87. The second-order valence-electron chi connectivity index (χ2n) is 5.80. The van der Waals surface area contributed by atoms with Crippen LogP contribution in [-0.4, -0.2) is 37.0 Å². The van der Waals surface area contributed by atoms with E-state index in [2.05, 4.69) is 17.1 Å². The van der Waals surface area contributed by atoms with Gasteiger partial charge >= 0.3 is 0 Å². The number of primary amides is 1. The number of hydrogen-bond acceptors (Lipinski definition) is 3. The summed E-state index contributed by atoms with van der Waals surface area (Å²) < 4.78 is 0. The number of rotatable bonds is 7. The van der Waals surface area contributed by atoms with E-state index in [1.807, 2.05) is 12.1 Å². The van der Waals surface area contributed by atoms with Gasteiger partial charge in [0.25, 0.3) is 0 Å². The summed E-state index contributed by atoms with van der Waals surface area (Å²) in [5.41, 5.74) is 6.97. The van der Waals surface area contributed by atoms with Crippen molar-refractivity contribution in [1.29, 1.82) is 0 Å². The van der Waals surface area contributed by atoms with Crippen LogP contribution in [-0.2, 0) is 6.54 Å². The van der Waals surface area contributed by atoms with Crippen molar-refractivity contribution in [1.82, 2.24) is 10.2 Å². The Bertz CT molecular complexity index is 424. The summed E-state index contributed by atoms with van der Waals surface area (Å²) >= 11 is 0. The minimum Gasteiger partial charge on any atom is -0.366 e. The number of benzene rings is 1. The third kappa shape index (κ3) is 4.62. The molecule has 110 valence electrons. The SMILES string of the molecule is CC(CNCc1ccc(C(N)=O)cc1)CN1CCCC1. The van der Waals surface area contributed by atoms with Gasteiger partial charge in [-0.05, 0) is 56.1 Å². The van der Waals surface area contributed by atoms with Crippen LogP contribution < -0.4 is 11.1 Å². The van der Waals surface area contributed by atoms with Crippen LogP contribution in [0.1, 0.15) is 35.7 Å². The molecule has 0 bridgehead atoms. The molecule has 0 aliphatic carbocycles. The zero-order chi connectivity index (χ0) is 14.4. The van der Waals surface area contributed by atoms with Gasteiger partial charge in [-0.1, -0.05) is 19.1 Å². The molecular weight excluding hydrogens is 250 g/mol. The molecule has 0 radical (unpaired) electrons. The number of nitrogens with zero attached hydrogens (tertiary/aromatic N) is 1. The molecule has 1 aliphatic rings. The Balaban J connectivity index is 1.68. The van der Waals surface area contributed by atoms with Crippen LogP contribution in [0.2, 0.25) is 0 Å². The highest BCUT2D eigenvalue weighted by atomic mass is 16.1. The van der Waals surface area contributed by atoms with Crippen molar-refractivity contribution >= 4 is 5.91 Å². The van der Waals surface area contributed by atoms with Crippen LogP contribution in [0, 0.1) is 5.92 Å². The molecule has 1 aliphatic heterocycles. The van der Waals surface area contributed by atoms with Gasteiger partial charge in [0.15, 0.2) is 0 Å². The number of hydrogen-bond donors (Lipinski definition) is 2. The Morgan fingerprint density at radius 3 is 2.55 bits per heavy atom. The maximum atomic E-state index is 11.0. The van der Waals surface area contributed by atoms with E-state index in [0.717, 1.165) is 13.1 Å². The van der Waals surface area contributed by atoms with Crippen molar-refractivity contribution in [2.45, 2.75) is 26.3 Å². The lowest BCUT2D eigenvalue weighted by molar-refractivity contribution is 0.100. The fourth-order valence-electron chi connectivity index (χ4n) is 2.72. The highest BCUT2D eigenvalue weighted by Crippen LogP contribution is 2.10. The standard InChI is InChI=1S/C16H25N3O/c1-13(12-19-8-2-3-9-19)10-18-11-14-4-6-15(7-5-14)16(17)20/h4-7,13,18H,2-3,8-12H2,1H3,(H2,17,20). The zero-order valence-corrected chi connectivity index (χ0v) is 12.3. The van der Waals surface area contributed by atoms with Crippen LogP contribution in [0.4, 0.5) is 0 Å². The number of carbonyl (C=O) groups excluding carboxylic acids is 1. The molecule has 1 amide bonds. The van der Waals surface area contributed by atoms with Crippen LogP contribution >= 0.6 is 0 Å². The van der Waals surface area contributed by atoms with Gasteiger partial charge in [-0.2, -0.15) is 0 Å². The molecule has 1 heterocycles. The Kier molecular flexibility index (Phi) is 5.56. The average molecular weight is 275 g/mol. The van der Waals surface area contributed by atoms with E-state index in [0.29, 0.717) is 11.5 Å². The van der Waals surface area contributed by atoms with E-state index in [1.54, 1.807) is 12.1 Å². The van der Waals surface area contributed by atoms with Crippen molar-refractivity contribution in [3.05, 3.63) is 35.4 Å². The predicted octanol–water partition coefficient (Wildman–Crippen LogP) is 1.61. The maximum absolute atomic E-state index is 11.0. The molecule has 2 rings (SSSR count). The second kappa shape index (κ2) is 7.41. The fourth-order valence-corrected chi connectivity index (χ4v) is 2.72. The molecule has 1 saturated heterocycles. The summed E-state index contributed by atoms with van der Waals surface area (Å²) in [6, 6.07) is 7.48. The highest BCUT2D eigenvalue weighted by molar-refractivity contribution is 5.92. The lowest BCUT2D eigenvalue weighted by Gasteiger charge is -2.20. The smallest absolute Gasteiger partial charge is 0.248 e. The topological polar surface area (TPSA) is 58.4 Å². The van der Waals surface area contributed by atoms with E-state index < -0.39 is 0 Å². The molecule has 1 fully saturated rings. The monoisotopic (exact) mass is 275 g/mol. The molecule has 1 aromatic rings. The van der Waals surface area contributed by atoms with Gasteiger partial charge in [0.1, 0.15) is 0 Å². The number of nitrogens with one attached hydrogen (secondary N) is 1. The number of nitrogens with two attached hydrogens (primary N) is 1. The average Bonchev–Trinajstić information content (AvgIpc) is 2.92. The number of amides is 1. The molecule has 4 heteroatoms. The van der Waals surface area contributed by atoms with Crippen molar-refractivity contribution in [3.8, 4) is 0 Å². The summed E-state index contributed by atoms with van der Waals surface area (Å²) in [7, 11) is 0. The van der Waals surface area contributed by atoms with Gasteiger partial charge in [-0.3, -0.25) is 4.79 Å². The van der Waals surface area contributed by atoms with Crippen LogP contribution in [0.5, 0.6) is 0 Å². The summed E-state index contributed by atoms with van der Waals surface area (Å²) in [4.78, 5) is 13.5. The van der Waals surface area contributed by atoms with Crippen molar-refractivity contribution < 1.29 is 4.79 Å². The maximum Gasteiger partial charge on any atom is 0.248 e. The lowest BCUT2D eigenvalue weighted by atomic mass is 10.1. The van der Waals surface area contributed by atoms with Gasteiger partial charge in [0, 0.05) is 18.7 Å². The summed E-state index contributed by atoms with van der Waals surface area (Å²) in [5, 5.41) is 3.48. The molecule has 3 N–H and O–H groups in total. The molecule has 1 atom stereocenters. The van der Waals surface area contributed by atoms with Crippen LogP contribution in [0.3, 0.4) is 0 Å². The molecule has 4 nitrogen and oxygen atoms in total. The van der Waals surface area contributed by atoms with E-state index >= 15 is 0 Å². The van der Waals surface area contributed by atoms with Crippen LogP contribution in [0.15, 0.2) is 24.3 Å². The Labute approximate surface area is 121 Å². The van der Waals surface area contributed by atoms with Gasteiger partial charge in [0.05, 0.1) is 0 Å². The van der Waals surface area contributed by atoms with E-state index in [1.165, 1.54) is 38.0 Å². The molecule has 0 aromatic heterocycles. The Hall–Kier alpha value is -1.39. The van der Waals surface area contributed by atoms with Gasteiger partial charge in [-0.15, -0.1) is 0 Å². The summed E-state index contributed by atoms with van der Waals surface area (Å²) in [5.74, 6) is 0.293. The van der Waals surface area contributed by atoms with Gasteiger partial charge in [0.2, 0.25) is 5.91 Å². The molecule has 0 spiro atoms. The summed E-state index contributed by atoms with van der Waals surface area (Å²) in [6.07, 6.45) is 2.71. The quantitative estimate of drug-likeness (QED) is 0.795. The first kappa shape index (κ1) is 15.0. The minimum atomic E-state index is -0.372. The van der Waals surface area contributed by atoms with Crippen molar-refractivity contribution in [3.63, 3.8) is 0 Å². The van der Waals surface area contributed by atoms with E-state index in [9.17, 15) is 4.79 Å². The minimum absolute atomic E-state index is 0.372. The fraction of sp³-hybridized carbons (Fsp3) is 0.562. The zero-order valence-electron chi connectivity index (χ0n) is 12.3. The second-order valence-corrected chi connectivity index (χ2v) is 5.80. The van der Waals surface area contributed by atoms with Crippen molar-refractivity contribution in [2.75, 3.05) is 26.2 Å². The molecule has 1 aromatic carbocycles.